The van der Waals surface area contributed by atoms with Crippen LogP contribution in [0.5, 0.6) is 0 Å². The lowest BCUT2D eigenvalue weighted by Crippen LogP contribution is -2.30. The summed E-state index contributed by atoms with van der Waals surface area (Å²) >= 11 is 4.19. The summed E-state index contributed by atoms with van der Waals surface area (Å²) in [7, 11) is 0. The molecule has 0 saturated carbocycles. The van der Waals surface area contributed by atoms with Gasteiger partial charge in [0.15, 0.2) is 22.1 Å². The van der Waals surface area contributed by atoms with Crippen molar-refractivity contribution in [2.24, 2.45) is 5.92 Å². The first kappa shape index (κ1) is 19.6. The van der Waals surface area contributed by atoms with Crippen molar-refractivity contribution in [3.63, 3.8) is 0 Å². The lowest BCUT2D eigenvalue weighted by molar-refractivity contribution is 0.339. The Morgan fingerprint density at radius 1 is 1.21 bits per heavy atom. The number of nitrogen functional groups attached to an aromatic ring is 1. The number of piperidine rings is 1. The first-order valence-corrected chi connectivity index (χ1v) is 12.2. The van der Waals surface area contributed by atoms with E-state index in [9.17, 15) is 0 Å². The molecule has 1 aromatic carbocycles. The summed E-state index contributed by atoms with van der Waals surface area (Å²) in [5.41, 5.74) is 10.7. The first-order chi connectivity index (χ1) is 14.2. The van der Waals surface area contributed by atoms with Crippen molar-refractivity contribution in [3.05, 3.63) is 33.2 Å². The lowest BCUT2D eigenvalue weighted by atomic mass is 9.96. The third-order valence-corrected chi connectivity index (χ3v) is 8.34. The summed E-state index contributed by atoms with van der Waals surface area (Å²) in [6, 6.07) is 4.71. The normalized spacial score (nSPS) is 19.0. The van der Waals surface area contributed by atoms with E-state index in [0.29, 0.717) is 17.3 Å². The number of halogens is 1. The summed E-state index contributed by atoms with van der Waals surface area (Å²) in [6.07, 6.45) is 8.88. The molecule has 1 aliphatic carbocycles. The quantitative estimate of drug-likeness (QED) is 0.495. The lowest BCUT2D eigenvalue weighted by Gasteiger charge is -2.23. The van der Waals surface area contributed by atoms with Crippen molar-refractivity contribution in [3.8, 4) is 0 Å². The van der Waals surface area contributed by atoms with Crippen LogP contribution < -0.4 is 11.1 Å². The van der Waals surface area contributed by atoms with Crippen LogP contribution in [0.1, 0.15) is 36.8 Å². The number of anilines is 1. The van der Waals surface area contributed by atoms with E-state index in [1.54, 1.807) is 18.1 Å². The Morgan fingerprint density at radius 2 is 2.07 bits per heavy atom. The first-order valence-electron chi connectivity index (χ1n) is 10.4. The molecule has 5 rings (SSSR count). The van der Waals surface area contributed by atoms with Crippen LogP contribution in [0.2, 0.25) is 0 Å². The number of aromatic nitrogens is 4. The van der Waals surface area contributed by atoms with Crippen molar-refractivity contribution in [1.29, 1.82) is 0 Å². The highest BCUT2D eigenvalue weighted by molar-refractivity contribution is 14.1. The van der Waals surface area contributed by atoms with Gasteiger partial charge in [0.05, 0.1) is 0 Å². The number of hydrogen-bond acceptors (Lipinski definition) is 6. The highest BCUT2D eigenvalue weighted by Gasteiger charge is 2.21. The largest absolute Gasteiger partial charge is 0.382 e. The standard InChI is InChI=1S/C21H25IN6S/c22-16-9-14-4-1-5-15(14)10-17(16)29-21-27-18-19(23)25-12-26-20(18)28(21)8-6-13-3-2-7-24-11-13/h9-10,12-13,24H,1-8,11H2,(H2,23,25,26). The third kappa shape index (κ3) is 3.98. The topological polar surface area (TPSA) is 81.7 Å². The van der Waals surface area contributed by atoms with Gasteiger partial charge in [-0.25, -0.2) is 15.0 Å². The fourth-order valence-corrected chi connectivity index (χ4v) is 6.28. The molecular weight excluding hydrogens is 495 g/mol. The Balaban J connectivity index is 1.48. The molecule has 2 aliphatic rings. The molecule has 2 aromatic heterocycles. The predicted molar refractivity (Wildman–Crippen MR) is 125 cm³/mol. The van der Waals surface area contributed by atoms with Gasteiger partial charge in [0, 0.05) is 15.0 Å². The molecule has 1 atom stereocenters. The zero-order chi connectivity index (χ0) is 19.8. The Hall–Kier alpha value is -1.39. The van der Waals surface area contributed by atoms with Crippen molar-refractivity contribution < 1.29 is 0 Å². The maximum atomic E-state index is 6.13. The fraction of sp³-hybridized carbons (Fsp3) is 0.476. The molecule has 3 N–H and O–H groups in total. The molecule has 0 spiro atoms. The molecule has 152 valence electrons. The minimum Gasteiger partial charge on any atom is -0.382 e. The summed E-state index contributed by atoms with van der Waals surface area (Å²) in [5.74, 6) is 1.16. The van der Waals surface area contributed by atoms with E-state index in [0.717, 1.165) is 36.9 Å². The minimum absolute atomic E-state index is 0.457. The maximum Gasteiger partial charge on any atom is 0.175 e. The monoisotopic (exact) mass is 520 g/mol. The molecular formula is C21H25IN6S. The molecule has 3 aromatic rings. The van der Waals surface area contributed by atoms with E-state index in [2.05, 4.69) is 54.6 Å². The van der Waals surface area contributed by atoms with Gasteiger partial charge in [0.25, 0.3) is 0 Å². The van der Waals surface area contributed by atoms with Crippen LogP contribution in [0, 0.1) is 9.49 Å². The number of imidazole rings is 1. The second kappa shape index (κ2) is 8.39. The van der Waals surface area contributed by atoms with Crippen LogP contribution in [-0.2, 0) is 19.4 Å². The number of fused-ring (bicyclic) bond motifs is 2. The number of nitrogens with one attached hydrogen (secondary N) is 1. The summed E-state index contributed by atoms with van der Waals surface area (Å²) < 4.78 is 3.54. The van der Waals surface area contributed by atoms with Crippen LogP contribution in [0.3, 0.4) is 0 Å². The SMILES string of the molecule is Nc1ncnc2c1nc(Sc1cc3c(cc1I)CCC3)n2CCC1CCCNC1. The van der Waals surface area contributed by atoms with Gasteiger partial charge in [-0.1, -0.05) is 11.8 Å². The van der Waals surface area contributed by atoms with Gasteiger partial charge in [0.1, 0.15) is 6.33 Å². The van der Waals surface area contributed by atoms with E-state index in [-0.39, 0.29) is 0 Å². The van der Waals surface area contributed by atoms with E-state index < -0.39 is 0 Å². The number of hydrogen-bond donors (Lipinski definition) is 2. The molecule has 1 aliphatic heterocycles. The van der Waals surface area contributed by atoms with Gasteiger partial charge in [-0.2, -0.15) is 0 Å². The van der Waals surface area contributed by atoms with E-state index in [1.807, 2.05) is 0 Å². The van der Waals surface area contributed by atoms with Gasteiger partial charge in [-0.3, -0.25) is 0 Å². The van der Waals surface area contributed by atoms with Gasteiger partial charge in [-0.15, -0.1) is 0 Å². The number of nitrogens with zero attached hydrogens (tertiary/aromatic N) is 4. The molecule has 1 saturated heterocycles. The Morgan fingerprint density at radius 3 is 2.90 bits per heavy atom. The van der Waals surface area contributed by atoms with Crippen molar-refractivity contribution >= 4 is 51.3 Å². The number of nitrogens with two attached hydrogens (primary N) is 1. The molecule has 1 fully saturated rings. The Bertz CT molecular complexity index is 1040. The van der Waals surface area contributed by atoms with Crippen LogP contribution >= 0.6 is 34.4 Å². The molecule has 0 bridgehead atoms. The highest BCUT2D eigenvalue weighted by Crippen LogP contribution is 2.37. The van der Waals surface area contributed by atoms with Gasteiger partial charge < -0.3 is 15.6 Å². The van der Waals surface area contributed by atoms with Crippen LogP contribution in [0.25, 0.3) is 11.2 Å². The summed E-state index contributed by atoms with van der Waals surface area (Å²) in [6.45, 7) is 3.16. The fourth-order valence-electron chi connectivity index (χ4n) is 4.44. The van der Waals surface area contributed by atoms with Crippen molar-refractivity contribution in [1.82, 2.24) is 24.8 Å². The average molecular weight is 520 g/mol. The third-order valence-electron chi connectivity index (χ3n) is 6.03. The van der Waals surface area contributed by atoms with Crippen molar-refractivity contribution in [2.45, 2.75) is 55.1 Å². The van der Waals surface area contributed by atoms with Crippen LogP contribution in [0.4, 0.5) is 5.82 Å². The smallest absolute Gasteiger partial charge is 0.175 e. The molecule has 3 heterocycles. The molecule has 6 nitrogen and oxygen atoms in total. The van der Waals surface area contributed by atoms with Gasteiger partial charge in [-0.05, 0) is 103 Å². The van der Waals surface area contributed by atoms with Crippen LogP contribution in [0.15, 0.2) is 28.5 Å². The molecule has 0 radical (unpaired) electrons. The Kier molecular flexibility index (Phi) is 5.66. The van der Waals surface area contributed by atoms with Crippen molar-refractivity contribution in [2.75, 3.05) is 18.8 Å². The van der Waals surface area contributed by atoms with Gasteiger partial charge >= 0.3 is 0 Å². The van der Waals surface area contributed by atoms with E-state index in [1.165, 1.54) is 51.7 Å². The molecule has 29 heavy (non-hydrogen) atoms. The molecule has 8 heteroatoms. The Labute approximate surface area is 188 Å². The molecule has 1 unspecified atom stereocenters. The number of benzene rings is 1. The summed E-state index contributed by atoms with van der Waals surface area (Å²) in [5, 5.41) is 4.48. The average Bonchev–Trinajstić information content (AvgIpc) is 3.32. The van der Waals surface area contributed by atoms with E-state index >= 15 is 0 Å². The number of rotatable bonds is 5. The predicted octanol–water partition coefficient (Wildman–Crippen LogP) is 4.04. The second-order valence-electron chi connectivity index (χ2n) is 7.99. The maximum absolute atomic E-state index is 6.13. The van der Waals surface area contributed by atoms with E-state index in [4.69, 9.17) is 10.7 Å². The summed E-state index contributed by atoms with van der Waals surface area (Å²) in [4.78, 5) is 14.8. The second-order valence-corrected chi connectivity index (χ2v) is 10.2. The number of aryl methyl sites for hydroxylation is 3. The van der Waals surface area contributed by atoms with Gasteiger partial charge in [0.2, 0.25) is 0 Å². The zero-order valence-corrected chi connectivity index (χ0v) is 19.3. The van der Waals surface area contributed by atoms with Crippen LogP contribution in [-0.4, -0.2) is 32.6 Å². The zero-order valence-electron chi connectivity index (χ0n) is 16.3. The minimum atomic E-state index is 0.457. The highest BCUT2D eigenvalue weighted by atomic mass is 127. The molecule has 0 amide bonds.